The molecule has 5 nitrogen and oxygen atoms in total. The molecule has 1 amide bonds. The van der Waals surface area contributed by atoms with Gasteiger partial charge in [-0.1, -0.05) is 17.7 Å². The number of hydrogen-bond acceptors (Lipinski definition) is 4. The molecular weight excluding hydrogens is 328 g/mol. The van der Waals surface area contributed by atoms with Crippen LogP contribution >= 0.6 is 11.6 Å². The molecule has 1 aromatic carbocycles. The van der Waals surface area contributed by atoms with Crippen molar-refractivity contribution < 1.29 is 14.3 Å². The minimum atomic E-state index is 0.0653. The van der Waals surface area contributed by atoms with Crippen LogP contribution in [0.15, 0.2) is 24.3 Å². The number of ether oxygens (including phenoxy) is 2. The Kier molecular flexibility index (Phi) is 6.35. The second-order valence-corrected chi connectivity index (χ2v) is 6.98. The molecular formula is C18H25ClN2O3. The lowest BCUT2D eigenvalue weighted by atomic mass is 10.1. The molecule has 3 rings (SSSR count). The average Bonchev–Trinajstić information content (AvgIpc) is 3.29. The van der Waals surface area contributed by atoms with Crippen LogP contribution in [0.2, 0.25) is 5.02 Å². The summed E-state index contributed by atoms with van der Waals surface area (Å²) in [5.41, 5.74) is 0. The first-order chi connectivity index (χ1) is 11.7. The number of hydrogen-bond donors (Lipinski definition) is 1. The van der Waals surface area contributed by atoms with E-state index < -0.39 is 0 Å². The van der Waals surface area contributed by atoms with Gasteiger partial charge in [-0.15, -0.1) is 0 Å². The van der Waals surface area contributed by atoms with Crippen LogP contribution < -0.4 is 10.1 Å². The van der Waals surface area contributed by atoms with Gasteiger partial charge in [-0.25, -0.2) is 0 Å². The van der Waals surface area contributed by atoms with E-state index in [9.17, 15) is 4.79 Å². The van der Waals surface area contributed by atoms with E-state index in [1.807, 2.05) is 12.1 Å². The van der Waals surface area contributed by atoms with Crippen molar-refractivity contribution in [2.75, 3.05) is 39.5 Å². The fourth-order valence-electron chi connectivity index (χ4n) is 3.00. The molecule has 1 heterocycles. The third kappa shape index (κ3) is 5.65. The van der Waals surface area contributed by atoms with Crippen LogP contribution in [-0.2, 0) is 9.53 Å². The zero-order chi connectivity index (χ0) is 16.8. The van der Waals surface area contributed by atoms with Crippen molar-refractivity contribution >= 4 is 17.5 Å². The SMILES string of the molecule is O=C(CN(CC1CCOC1)C1CC1)NCCOc1cccc(Cl)c1. The average molecular weight is 353 g/mol. The highest BCUT2D eigenvalue weighted by Crippen LogP contribution is 2.28. The number of carbonyl (C=O) groups is 1. The second-order valence-electron chi connectivity index (χ2n) is 6.55. The molecule has 2 aliphatic rings. The highest BCUT2D eigenvalue weighted by Gasteiger charge is 2.32. The summed E-state index contributed by atoms with van der Waals surface area (Å²) in [7, 11) is 0. The van der Waals surface area contributed by atoms with Crippen LogP contribution in [-0.4, -0.2) is 56.3 Å². The van der Waals surface area contributed by atoms with E-state index >= 15 is 0 Å². The Morgan fingerprint density at radius 3 is 2.96 bits per heavy atom. The quantitative estimate of drug-likeness (QED) is 0.693. The largest absolute Gasteiger partial charge is 0.492 e. The molecule has 0 aromatic heterocycles. The minimum Gasteiger partial charge on any atom is -0.492 e. The van der Waals surface area contributed by atoms with Gasteiger partial charge >= 0.3 is 0 Å². The van der Waals surface area contributed by atoms with Gasteiger partial charge in [-0.05, 0) is 43.4 Å². The number of halogens is 1. The number of benzene rings is 1. The lowest BCUT2D eigenvalue weighted by Crippen LogP contribution is -2.42. The van der Waals surface area contributed by atoms with E-state index in [4.69, 9.17) is 21.1 Å². The molecule has 1 aliphatic heterocycles. The van der Waals surface area contributed by atoms with E-state index in [-0.39, 0.29) is 5.91 Å². The van der Waals surface area contributed by atoms with Crippen molar-refractivity contribution in [1.29, 1.82) is 0 Å². The Labute approximate surface area is 148 Å². The molecule has 0 bridgehead atoms. The molecule has 1 aliphatic carbocycles. The molecule has 1 unspecified atom stereocenters. The van der Waals surface area contributed by atoms with Crippen molar-refractivity contribution in [3.05, 3.63) is 29.3 Å². The molecule has 132 valence electrons. The van der Waals surface area contributed by atoms with Crippen LogP contribution in [0.4, 0.5) is 0 Å². The van der Waals surface area contributed by atoms with Crippen LogP contribution in [0.25, 0.3) is 0 Å². The fraction of sp³-hybridized carbons (Fsp3) is 0.611. The standard InChI is InChI=1S/C18H25ClN2O3/c19-15-2-1-3-17(10-15)24-9-7-20-18(22)12-21(16-4-5-16)11-14-6-8-23-13-14/h1-3,10,14,16H,4-9,11-13H2,(H,20,22). The third-order valence-electron chi connectivity index (χ3n) is 4.42. The van der Waals surface area contributed by atoms with Gasteiger partial charge in [-0.2, -0.15) is 0 Å². The van der Waals surface area contributed by atoms with Crippen molar-refractivity contribution in [3.63, 3.8) is 0 Å². The second kappa shape index (κ2) is 8.70. The van der Waals surface area contributed by atoms with E-state index in [0.717, 1.165) is 31.9 Å². The molecule has 1 aromatic rings. The topological polar surface area (TPSA) is 50.8 Å². The first-order valence-electron chi connectivity index (χ1n) is 8.67. The summed E-state index contributed by atoms with van der Waals surface area (Å²) in [5.74, 6) is 1.36. The molecule has 1 N–H and O–H groups in total. The van der Waals surface area contributed by atoms with Gasteiger partial charge in [0, 0.05) is 24.2 Å². The summed E-state index contributed by atoms with van der Waals surface area (Å²) in [6.45, 7) is 4.06. The maximum atomic E-state index is 12.2. The van der Waals surface area contributed by atoms with Crippen LogP contribution in [0, 0.1) is 5.92 Å². The van der Waals surface area contributed by atoms with Crippen molar-refractivity contribution in [2.24, 2.45) is 5.92 Å². The Morgan fingerprint density at radius 2 is 2.25 bits per heavy atom. The van der Waals surface area contributed by atoms with E-state index in [0.29, 0.717) is 36.7 Å². The molecule has 1 saturated carbocycles. The van der Waals surface area contributed by atoms with Gasteiger partial charge in [0.2, 0.25) is 5.91 Å². The molecule has 0 spiro atoms. The van der Waals surface area contributed by atoms with Gasteiger partial charge in [0.1, 0.15) is 12.4 Å². The Bertz CT molecular complexity index is 545. The monoisotopic (exact) mass is 352 g/mol. The first kappa shape index (κ1) is 17.5. The molecule has 24 heavy (non-hydrogen) atoms. The predicted molar refractivity (Wildman–Crippen MR) is 93.5 cm³/mol. The number of nitrogens with one attached hydrogen (secondary N) is 1. The van der Waals surface area contributed by atoms with Gasteiger partial charge < -0.3 is 14.8 Å². The minimum absolute atomic E-state index is 0.0653. The summed E-state index contributed by atoms with van der Waals surface area (Å²) in [4.78, 5) is 14.5. The smallest absolute Gasteiger partial charge is 0.234 e. The number of amides is 1. The lowest BCUT2D eigenvalue weighted by Gasteiger charge is -2.24. The maximum Gasteiger partial charge on any atom is 0.234 e. The van der Waals surface area contributed by atoms with Gasteiger partial charge in [0.25, 0.3) is 0 Å². The number of rotatable bonds is 9. The van der Waals surface area contributed by atoms with Crippen LogP contribution in [0.3, 0.4) is 0 Å². The van der Waals surface area contributed by atoms with Crippen molar-refractivity contribution in [3.8, 4) is 5.75 Å². The molecule has 1 saturated heterocycles. The Balaban J connectivity index is 1.34. The third-order valence-corrected chi connectivity index (χ3v) is 4.65. The zero-order valence-electron chi connectivity index (χ0n) is 13.9. The molecule has 1 atom stereocenters. The number of carbonyl (C=O) groups excluding carboxylic acids is 1. The number of nitrogens with zero attached hydrogens (tertiary/aromatic N) is 1. The maximum absolute atomic E-state index is 12.2. The summed E-state index contributed by atoms with van der Waals surface area (Å²) in [6.07, 6.45) is 3.52. The van der Waals surface area contributed by atoms with E-state index in [1.165, 1.54) is 12.8 Å². The lowest BCUT2D eigenvalue weighted by molar-refractivity contribution is -0.122. The van der Waals surface area contributed by atoms with Gasteiger partial charge in [0.15, 0.2) is 0 Å². The van der Waals surface area contributed by atoms with E-state index in [1.54, 1.807) is 12.1 Å². The van der Waals surface area contributed by atoms with Crippen molar-refractivity contribution in [1.82, 2.24) is 10.2 Å². The summed E-state index contributed by atoms with van der Waals surface area (Å²) < 4.78 is 11.0. The van der Waals surface area contributed by atoms with Crippen LogP contribution in [0.5, 0.6) is 5.75 Å². The van der Waals surface area contributed by atoms with Gasteiger partial charge in [0.05, 0.1) is 19.7 Å². The molecule has 6 heteroatoms. The summed E-state index contributed by atoms with van der Waals surface area (Å²) >= 11 is 5.91. The summed E-state index contributed by atoms with van der Waals surface area (Å²) in [5, 5.41) is 3.58. The summed E-state index contributed by atoms with van der Waals surface area (Å²) in [6, 6.07) is 7.85. The van der Waals surface area contributed by atoms with E-state index in [2.05, 4.69) is 10.2 Å². The van der Waals surface area contributed by atoms with Crippen molar-refractivity contribution in [2.45, 2.75) is 25.3 Å². The Hall–Kier alpha value is -1.30. The molecule has 0 radical (unpaired) electrons. The van der Waals surface area contributed by atoms with Crippen LogP contribution in [0.1, 0.15) is 19.3 Å². The normalized spacial score (nSPS) is 20.3. The predicted octanol–water partition coefficient (Wildman–Crippen LogP) is 2.34. The highest BCUT2D eigenvalue weighted by atomic mass is 35.5. The zero-order valence-corrected chi connectivity index (χ0v) is 14.6. The fourth-order valence-corrected chi connectivity index (χ4v) is 3.18. The highest BCUT2D eigenvalue weighted by molar-refractivity contribution is 6.30. The first-order valence-corrected chi connectivity index (χ1v) is 9.05. The molecule has 2 fully saturated rings. The Morgan fingerprint density at radius 1 is 1.38 bits per heavy atom. The van der Waals surface area contributed by atoms with Gasteiger partial charge in [-0.3, -0.25) is 9.69 Å².